The summed E-state index contributed by atoms with van der Waals surface area (Å²) >= 11 is 0. The number of methoxy groups -OCH3 is 1. The van der Waals surface area contributed by atoms with Crippen LogP contribution < -0.4 is 20.3 Å². The first-order valence-electron chi connectivity index (χ1n) is 9.62. The monoisotopic (exact) mass is 394 g/mol. The highest BCUT2D eigenvalue weighted by Crippen LogP contribution is 2.17. The van der Waals surface area contributed by atoms with Gasteiger partial charge in [-0.25, -0.2) is 4.98 Å². The van der Waals surface area contributed by atoms with E-state index in [4.69, 9.17) is 4.74 Å². The highest BCUT2D eigenvalue weighted by molar-refractivity contribution is 5.51. The second-order valence-electron chi connectivity index (χ2n) is 6.20. The number of benzene rings is 1. The number of aromatic nitrogens is 5. The van der Waals surface area contributed by atoms with E-state index in [1.807, 2.05) is 12.1 Å². The van der Waals surface area contributed by atoms with Gasteiger partial charge in [-0.1, -0.05) is 12.1 Å². The molecule has 0 bridgehead atoms. The first-order chi connectivity index (χ1) is 14.2. The van der Waals surface area contributed by atoms with Crippen molar-refractivity contribution in [2.24, 2.45) is 0 Å². The molecule has 0 spiro atoms. The van der Waals surface area contributed by atoms with E-state index in [0.29, 0.717) is 30.2 Å². The van der Waals surface area contributed by atoms with Gasteiger partial charge < -0.3 is 20.3 Å². The van der Waals surface area contributed by atoms with Gasteiger partial charge in [0.25, 0.3) is 0 Å². The number of ether oxygens (including phenoxy) is 1. The molecule has 0 aliphatic heterocycles. The summed E-state index contributed by atoms with van der Waals surface area (Å²) in [4.78, 5) is 23.9. The van der Waals surface area contributed by atoms with E-state index in [-0.39, 0.29) is 0 Å². The highest BCUT2D eigenvalue weighted by atomic mass is 16.5. The van der Waals surface area contributed by atoms with Crippen LogP contribution in [0, 0.1) is 0 Å². The van der Waals surface area contributed by atoms with Crippen molar-refractivity contribution in [2.75, 3.05) is 42.3 Å². The lowest BCUT2D eigenvalue weighted by Crippen LogP contribution is -2.25. The van der Waals surface area contributed by atoms with Gasteiger partial charge in [0.2, 0.25) is 17.8 Å². The number of anilines is 4. The molecule has 0 amide bonds. The van der Waals surface area contributed by atoms with Crippen molar-refractivity contribution in [3.8, 4) is 5.75 Å². The predicted octanol–water partition coefficient (Wildman–Crippen LogP) is 2.91. The van der Waals surface area contributed by atoms with E-state index in [9.17, 15) is 0 Å². The van der Waals surface area contributed by atoms with E-state index in [0.717, 1.165) is 25.3 Å². The topological polar surface area (TPSA) is 101 Å². The molecule has 29 heavy (non-hydrogen) atoms. The Hall–Kier alpha value is -3.49. The zero-order chi connectivity index (χ0) is 20.5. The van der Waals surface area contributed by atoms with Crippen LogP contribution >= 0.6 is 0 Å². The second-order valence-corrected chi connectivity index (χ2v) is 6.20. The van der Waals surface area contributed by atoms with Crippen LogP contribution in [-0.4, -0.2) is 51.7 Å². The number of hydrogen-bond acceptors (Lipinski definition) is 9. The summed E-state index contributed by atoms with van der Waals surface area (Å²) in [6.45, 7) is 6.44. The Kier molecular flexibility index (Phi) is 7.10. The Morgan fingerprint density at radius 3 is 2.38 bits per heavy atom. The minimum atomic E-state index is 0.425. The van der Waals surface area contributed by atoms with Crippen LogP contribution in [0.15, 0.2) is 42.9 Å². The Bertz CT molecular complexity index is 885. The molecule has 0 saturated carbocycles. The van der Waals surface area contributed by atoms with Gasteiger partial charge >= 0.3 is 0 Å². The molecule has 0 aliphatic carbocycles. The van der Waals surface area contributed by atoms with Gasteiger partial charge in [0.05, 0.1) is 13.3 Å². The van der Waals surface area contributed by atoms with Crippen LogP contribution in [0.4, 0.5) is 23.7 Å². The van der Waals surface area contributed by atoms with Crippen molar-refractivity contribution < 1.29 is 4.74 Å². The number of nitrogens with zero attached hydrogens (tertiary/aromatic N) is 6. The third kappa shape index (κ3) is 5.74. The fraction of sp³-hybridized carbons (Fsp3) is 0.350. The molecule has 0 unspecified atom stereocenters. The molecule has 1 aromatic carbocycles. The molecule has 9 nitrogen and oxygen atoms in total. The van der Waals surface area contributed by atoms with Crippen molar-refractivity contribution in [1.82, 2.24) is 24.9 Å². The number of hydrogen-bond donors (Lipinski definition) is 2. The summed E-state index contributed by atoms with van der Waals surface area (Å²) in [5.41, 5.74) is 1.20. The van der Waals surface area contributed by atoms with Crippen molar-refractivity contribution >= 4 is 23.7 Å². The average molecular weight is 394 g/mol. The fourth-order valence-electron chi connectivity index (χ4n) is 2.74. The molecule has 0 aliphatic rings. The Morgan fingerprint density at radius 1 is 0.966 bits per heavy atom. The molecular weight excluding hydrogens is 368 g/mol. The third-order valence-corrected chi connectivity index (χ3v) is 4.33. The molecular formula is C20H26N8O. The van der Waals surface area contributed by atoms with Gasteiger partial charge in [0, 0.05) is 32.0 Å². The molecule has 3 rings (SSSR count). The van der Waals surface area contributed by atoms with Crippen LogP contribution in [0.1, 0.15) is 19.4 Å². The van der Waals surface area contributed by atoms with Crippen LogP contribution in [0.3, 0.4) is 0 Å². The first-order valence-corrected chi connectivity index (χ1v) is 9.62. The van der Waals surface area contributed by atoms with Crippen molar-refractivity contribution in [3.05, 3.63) is 48.4 Å². The molecule has 2 N–H and O–H groups in total. The first kappa shape index (κ1) is 20.2. The molecule has 0 saturated heterocycles. The van der Waals surface area contributed by atoms with Crippen LogP contribution in [-0.2, 0) is 6.42 Å². The van der Waals surface area contributed by atoms with E-state index < -0.39 is 0 Å². The lowest BCUT2D eigenvalue weighted by atomic mass is 10.1. The summed E-state index contributed by atoms with van der Waals surface area (Å²) in [6, 6.07) is 8.02. The smallest absolute Gasteiger partial charge is 0.235 e. The lowest BCUT2D eigenvalue weighted by molar-refractivity contribution is 0.414. The molecule has 3 aromatic rings. The SMILES string of the molecule is CCN(CC)c1nc(NCCc2ccc(OC)cc2)nc(Nc2cnccn2)n1. The highest BCUT2D eigenvalue weighted by Gasteiger charge is 2.12. The molecule has 152 valence electrons. The van der Waals surface area contributed by atoms with Crippen molar-refractivity contribution in [3.63, 3.8) is 0 Å². The van der Waals surface area contributed by atoms with Crippen LogP contribution in [0.5, 0.6) is 5.75 Å². The summed E-state index contributed by atoms with van der Waals surface area (Å²) in [7, 11) is 1.66. The Morgan fingerprint density at radius 2 is 1.72 bits per heavy atom. The third-order valence-electron chi connectivity index (χ3n) is 4.33. The molecule has 0 radical (unpaired) electrons. The second kappa shape index (κ2) is 10.2. The Labute approximate surface area is 170 Å². The van der Waals surface area contributed by atoms with Gasteiger partial charge in [-0.3, -0.25) is 4.98 Å². The maximum Gasteiger partial charge on any atom is 0.235 e. The van der Waals surface area contributed by atoms with E-state index in [1.54, 1.807) is 25.7 Å². The van der Waals surface area contributed by atoms with Crippen molar-refractivity contribution in [1.29, 1.82) is 0 Å². The summed E-state index contributed by atoms with van der Waals surface area (Å²) < 4.78 is 5.20. The summed E-state index contributed by atoms with van der Waals surface area (Å²) in [5, 5.41) is 6.39. The standard InChI is InChI=1S/C20H26N8O/c1-4-28(5-2)20-26-18(23-11-10-15-6-8-16(29-3)9-7-15)25-19(27-20)24-17-14-21-12-13-22-17/h6-9,12-14H,4-5,10-11H2,1-3H3,(H2,22,23,24,25,26,27). The van der Waals surface area contributed by atoms with E-state index >= 15 is 0 Å². The zero-order valence-electron chi connectivity index (χ0n) is 17.0. The molecule has 2 aromatic heterocycles. The maximum absolute atomic E-state index is 5.20. The summed E-state index contributed by atoms with van der Waals surface area (Å²) in [6.07, 6.45) is 5.69. The average Bonchev–Trinajstić information content (AvgIpc) is 2.76. The van der Waals surface area contributed by atoms with E-state index in [1.165, 1.54) is 5.56 Å². The van der Waals surface area contributed by atoms with Crippen LogP contribution in [0.25, 0.3) is 0 Å². The molecule has 0 atom stereocenters. The van der Waals surface area contributed by atoms with Gasteiger partial charge in [-0.15, -0.1) is 0 Å². The largest absolute Gasteiger partial charge is 0.497 e. The molecule has 2 heterocycles. The van der Waals surface area contributed by atoms with Gasteiger partial charge in [-0.05, 0) is 38.0 Å². The van der Waals surface area contributed by atoms with Gasteiger partial charge in [0.1, 0.15) is 5.75 Å². The maximum atomic E-state index is 5.20. The number of nitrogens with one attached hydrogen (secondary N) is 2. The Balaban J connectivity index is 1.73. The van der Waals surface area contributed by atoms with Gasteiger partial charge in [0.15, 0.2) is 5.82 Å². The van der Waals surface area contributed by atoms with Gasteiger partial charge in [-0.2, -0.15) is 15.0 Å². The lowest BCUT2D eigenvalue weighted by Gasteiger charge is -2.19. The molecule has 9 heteroatoms. The number of rotatable bonds is 10. The quantitative estimate of drug-likeness (QED) is 0.537. The van der Waals surface area contributed by atoms with E-state index in [2.05, 4.69) is 66.4 Å². The normalized spacial score (nSPS) is 10.4. The zero-order valence-corrected chi connectivity index (χ0v) is 17.0. The summed E-state index contributed by atoms with van der Waals surface area (Å²) in [5.74, 6) is 2.98. The van der Waals surface area contributed by atoms with Crippen molar-refractivity contribution in [2.45, 2.75) is 20.3 Å². The predicted molar refractivity (Wildman–Crippen MR) is 114 cm³/mol. The minimum Gasteiger partial charge on any atom is -0.497 e. The van der Waals surface area contributed by atoms with Crippen LogP contribution in [0.2, 0.25) is 0 Å². The fourth-order valence-corrected chi connectivity index (χ4v) is 2.74. The molecule has 0 fully saturated rings. The minimum absolute atomic E-state index is 0.425.